The number of amides is 1. The van der Waals surface area contributed by atoms with Crippen molar-refractivity contribution in [2.24, 2.45) is 0 Å². The average molecular weight is 347 g/mol. The SMILES string of the molecule is Nc1ccc(NC(=O)c2ccc(-c3ccccc3Cl)o2)c(Cl)c1. The summed E-state index contributed by atoms with van der Waals surface area (Å²) in [6.07, 6.45) is 0. The van der Waals surface area contributed by atoms with Gasteiger partial charge in [0.1, 0.15) is 5.76 Å². The van der Waals surface area contributed by atoms with E-state index in [4.69, 9.17) is 33.4 Å². The Balaban J connectivity index is 1.83. The van der Waals surface area contributed by atoms with Crippen molar-refractivity contribution < 1.29 is 9.21 Å². The number of hydrogen-bond donors (Lipinski definition) is 2. The molecule has 6 heteroatoms. The molecule has 0 saturated heterocycles. The van der Waals surface area contributed by atoms with Gasteiger partial charge in [0.25, 0.3) is 5.91 Å². The maximum Gasteiger partial charge on any atom is 0.291 e. The van der Waals surface area contributed by atoms with Crippen LogP contribution in [0.15, 0.2) is 59.0 Å². The van der Waals surface area contributed by atoms with Crippen LogP contribution in [0.1, 0.15) is 10.6 Å². The Morgan fingerprint density at radius 1 is 1.00 bits per heavy atom. The molecule has 0 aliphatic carbocycles. The van der Waals surface area contributed by atoms with Gasteiger partial charge < -0.3 is 15.5 Å². The molecule has 116 valence electrons. The molecule has 0 aliphatic rings. The van der Waals surface area contributed by atoms with Crippen molar-refractivity contribution in [2.75, 3.05) is 11.1 Å². The van der Waals surface area contributed by atoms with Crippen LogP contribution in [0.3, 0.4) is 0 Å². The molecule has 1 aromatic heterocycles. The zero-order chi connectivity index (χ0) is 16.4. The van der Waals surface area contributed by atoms with Gasteiger partial charge in [0, 0.05) is 11.3 Å². The predicted molar refractivity (Wildman–Crippen MR) is 93.0 cm³/mol. The lowest BCUT2D eigenvalue weighted by Gasteiger charge is -2.06. The van der Waals surface area contributed by atoms with E-state index in [1.165, 1.54) is 0 Å². The molecule has 4 nitrogen and oxygen atoms in total. The third kappa shape index (κ3) is 3.33. The van der Waals surface area contributed by atoms with Crippen LogP contribution >= 0.6 is 23.2 Å². The Bertz CT molecular complexity index is 875. The Morgan fingerprint density at radius 2 is 1.78 bits per heavy atom. The van der Waals surface area contributed by atoms with Gasteiger partial charge in [-0.3, -0.25) is 4.79 Å². The van der Waals surface area contributed by atoms with Crippen LogP contribution in [-0.4, -0.2) is 5.91 Å². The maximum atomic E-state index is 12.3. The van der Waals surface area contributed by atoms with Crippen molar-refractivity contribution >= 4 is 40.5 Å². The first kappa shape index (κ1) is 15.5. The van der Waals surface area contributed by atoms with Gasteiger partial charge in [0.15, 0.2) is 5.76 Å². The number of benzene rings is 2. The number of nitrogens with one attached hydrogen (secondary N) is 1. The van der Waals surface area contributed by atoms with Crippen LogP contribution in [0, 0.1) is 0 Å². The molecule has 1 heterocycles. The molecule has 0 aliphatic heterocycles. The monoisotopic (exact) mass is 346 g/mol. The summed E-state index contributed by atoms with van der Waals surface area (Å²) in [6.45, 7) is 0. The highest BCUT2D eigenvalue weighted by molar-refractivity contribution is 6.34. The zero-order valence-corrected chi connectivity index (χ0v) is 13.4. The van der Waals surface area contributed by atoms with Crippen molar-refractivity contribution in [3.05, 3.63) is 70.4 Å². The van der Waals surface area contributed by atoms with E-state index in [2.05, 4.69) is 5.32 Å². The summed E-state index contributed by atoms with van der Waals surface area (Å²) in [4.78, 5) is 12.3. The summed E-state index contributed by atoms with van der Waals surface area (Å²) in [5.74, 6) is 0.270. The smallest absolute Gasteiger partial charge is 0.291 e. The van der Waals surface area contributed by atoms with Gasteiger partial charge in [0.2, 0.25) is 0 Å². The molecular formula is C17H12Cl2N2O2. The minimum Gasteiger partial charge on any atom is -0.451 e. The molecule has 0 fully saturated rings. The molecule has 1 amide bonds. The Kier molecular flexibility index (Phi) is 4.28. The van der Waals surface area contributed by atoms with Gasteiger partial charge >= 0.3 is 0 Å². The summed E-state index contributed by atoms with van der Waals surface area (Å²) in [7, 11) is 0. The minimum atomic E-state index is -0.407. The first-order chi connectivity index (χ1) is 11.0. The van der Waals surface area contributed by atoms with E-state index in [0.29, 0.717) is 27.2 Å². The summed E-state index contributed by atoms with van der Waals surface area (Å²) in [5.41, 5.74) is 7.32. The van der Waals surface area contributed by atoms with E-state index < -0.39 is 5.91 Å². The molecule has 3 N–H and O–H groups in total. The fourth-order valence-electron chi connectivity index (χ4n) is 2.08. The van der Waals surface area contributed by atoms with Crippen molar-refractivity contribution in [3.63, 3.8) is 0 Å². The van der Waals surface area contributed by atoms with E-state index in [0.717, 1.165) is 5.56 Å². The second kappa shape index (κ2) is 6.36. The maximum absolute atomic E-state index is 12.3. The average Bonchev–Trinajstić information content (AvgIpc) is 3.00. The molecule has 23 heavy (non-hydrogen) atoms. The quantitative estimate of drug-likeness (QED) is 0.649. The van der Waals surface area contributed by atoms with E-state index in [1.807, 2.05) is 18.2 Å². The third-order valence-electron chi connectivity index (χ3n) is 3.21. The standard InChI is InChI=1S/C17H12Cl2N2O2/c18-12-4-2-1-3-11(12)15-7-8-16(23-15)17(22)21-14-6-5-10(20)9-13(14)19/h1-9H,20H2,(H,21,22). The highest BCUT2D eigenvalue weighted by Crippen LogP contribution is 2.30. The van der Waals surface area contributed by atoms with Crippen molar-refractivity contribution in [1.29, 1.82) is 0 Å². The number of nitrogens with two attached hydrogens (primary N) is 1. The number of anilines is 2. The number of carbonyl (C=O) groups is 1. The number of halogens is 2. The predicted octanol–water partition coefficient (Wildman–Crippen LogP) is 5.09. The summed E-state index contributed by atoms with van der Waals surface area (Å²) in [6, 6.07) is 15.4. The van der Waals surface area contributed by atoms with E-state index >= 15 is 0 Å². The van der Waals surface area contributed by atoms with Crippen molar-refractivity contribution in [3.8, 4) is 11.3 Å². The molecule has 0 unspecified atom stereocenters. The van der Waals surface area contributed by atoms with Gasteiger partial charge in [-0.2, -0.15) is 0 Å². The van der Waals surface area contributed by atoms with E-state index in [1.54, 1.807) is 36.4 Å². The molecule has 0 bridgehead atoms. The fraction of sp³-hybridized carbons (Fsp3) is 0. The Hall–Kier alpha value is -2.43. The molecule has 3 rings (SSSR count). The van der Waals surface area contributed by atoms with Gasteiger partial charge in [-0.25, -0.2) is 0 Å². The van der Waals surface area contributed by atoms with Crippen LogP contribution in [-0.2, 0) is 0 Å². The summed E-state index contributed by atoms with van der Waals surface area (Å²) in [5, 5.41) is 3.59. The van der Waals surface area contributed by atoms with Gasteiger partial charge in [-0.05, 0) is 42.5 Å². The van der Waals surface area contributed by atoms with Crippen molar-refractivity contribution in [1.82, 2.24) is 0 Å². The first-order valence-corrected chi connectivity index (χ1v) is 7.51. The third-order valence-corrected chi connectivity index (χ3v) is 3.85. The molecule has 0 radical (unpaired) electrons. The van der Waals surface area contributed by atoms with Crippen LogP contribution < -0.4 is 11.1 Å². The lowest BCUT2D eigenvalue weighted by molar-refractivity contribution is 0.0997. The first-order valence-electron chi connectivity index (χ1n) is 6.76. The molecule has 0 atom stereocenters. The second-order valence-electron chi connectivity index (χ2n) is 4.84. The van der Waals surface area contributed by atoms with E-state index in [9.17, 15) is 4.79 Å². The number of nitrogen functional groups attached to an aromatic ring is 1. The molecular weight excluding hydrogens is 335 g/mol. The minimum absolute atomic E-state index is 0.160. The Labute approximate surface area is 142 Å². The van der Waals surface area contributed by atoms with Crippen molar-refractivity contribution in [2.45, 2.75) is 0 Å². The van der Waals surface area contributed by atoms with Gasteiger partial charge in [0.05, 0.1) is 15.7 Å². The van der Waals surface area contributed by atoms with Crippen LogP contribution in [0.2, 0.25) is 10.0 Å². The highest BCUT2D eigenvalue weighted by atomic mass is 35.5. The summed E-state index contributed by atoms with van der Waals surface area (Å²) < 4.78 is 5.58. The lowest BCUT2D eigenvalue weighted by Crippen LogP contribution is -2.11. The van der Waals surface area contributed by atoms with E-state index in [-0.39, 0.29) is 5.76 Å². The van der Waals surface area contributed by atoms with Crippen LogP contribution in [0.5, 0.6) is 0 Å². The number of hydrogen-bond acceptors (Lipinski definition) is 3. The Morgan fingerprint density at radius 3 is 2.52 bits per heavy atom. The lowest BCUT2D eigenvalue weighted by atomic mass is 10.2. The highest BCUT2D eigenvalue weighted by Gasteiger charge is 2.15. The van der Waals surface area contributed by atoms with Gasteiger partial charge in [-0.1, -0.05) is 35.3 Å². The summed E-state index contributed by atoms with van der Waals surface area (Å²) >= 11 is 12.2. The van der Waals surface area contributed by atoms with Gasteiger partial charge in [-0.15, -0.1) is 0 Å². The molecule has 3 aromatic rings. The van der Waals surface area contributed by atoms with Crippen LogP contribution in [0.4, 0.5) is 11.4 Å². The second-order valence-corrected chi connectivity index (χ2v) is 5.65. The number of rotatable bonds is 3. The number of carbonyl (C=O) groups excluding carboxylic acids is 1. The topological polar surface area (TPSA) is 68.3 Å². The molecule has 2 aromatic carbocycles. The zero-order valence-electron chi connectivity index (χ0n) is 11.8. The number of furan rings is 1. The molecule has 0 spiro atoms. The van der Waals surface area contributed by atoms with Crippen LogP contribution in [0.25, 0.3) is 11.3 Å². The molecule has 0 saturated carbocycles. The fourth-order valence-corrected chi connectivity index (χ4v) is 2.55. The normalized spacial score (nSPS) is 10.5. The largest absolute Gasteiger partial charge is 0.451 e.